The maximum Gasteiger partial charge on any atom is 0.266 e. The summed E-state index contributed by atoms with van der Waals surface area (Å²) in [6.07, 6.45) is 0. The molecule has 0 heterocycles. The van der Waals surface area contributed by atoms with Gasteiger partial charge in [0.1, 0.15) is 0 Å². The van der Waals surface area contributed by atoms with E-state index in [0.29, 0.717) is 10.6 Å². The van der Waals surface area contributed by atoms with Crippen LogP contribution in [0.15, 0.2) is 18.2 Å². The molecule has 5 heteroatoms. The maximum atomic E-state index is 11.7. The number of carbonyl (C=O) groups excluding carboxylic acids is 1. The van der Waals surface area contributed by atoms with Gasteiger partial charge in [-0.3, -0.25) is 10.2 Å². The van der Waals surface area contributed by atoms with Gasteiger partial charge in [0.25, 0.3) is 5.91 Å². The van der Waals surface area contributed by atoms with Gasteiger partial charge >= 0.3 is 0 Å². The van der Waals surface area contributed by atoms with E-state index >= 15 is 0 Å². The number of carbonyl (C=O) groups is 1. The second kappa shape index (κ2) is 5.04. The molecule has 0 aliphatic rings. The zero-order chi connectivity index (χ0) is 12.3. The molecule has 0 aliphatic carbocycles. The monoisotopic (exact) mass is 260 g/mol. The molecular formula is C11H14Cl2N2O. The Morgan fingerprint density at radius 3 is 2.44 bits per heavy atom. The highest BCUT2D eigenvalue weighted by atomic mass is 35.5. The van der Waals surface area contributed by atoms with Crippen molar-refractivity contribution in [2.45, 2.75) is 26.3 Å². The van der Waals surface area contributed by atoms with Crippen molar-refractivity contribution in [3.63, 3.8) is 0 Å². The molecule has 16 heavy (non-hydrogen) atoms. The zero-order valence-electron chi connectivity index (χ0n) is 9.40. The minimum atomic E-state index is -0.303. The molecule has 0 atom stereocenters. The second-order valence-corrected chi connectivity index (χ2v) is 5.22. The van der Waals surface area contributed by atoms with Crippen LogP contribution in [0.2, 0.25) is 10.0 Å². The largest absolute Gasteiger partial charge is 0.287 e. The molecule has 0 unspecified atom stereocenters. The summed E-state index contributed by atoms with van der Waals surface area (Å²) >= 11 is 11.7. The van der Waals surface area contributed by atoms with Crippen LogP contribution in [-0.4, -0.2) is 11.4 Å². The van der Waals surface area contributed by atoms with Gasteiger partial charge in [0.15, 0.2) is 0 Å². The van der Waals surface area contributed by atoms with Crippen LogP contribution in [0, 0.1) is 0 Å². The number of hydrogen-bond donors (Lipinski definition) is 2. The van der Waals surface area contributed by atoms with Gasteiger partial charge in [-0.2, -0.15) is 0 Å². The number of hydrazine groups is 1. The minimum absolute atomic E-state index is 0.208. The van der Waals surface area contributed by atoms with Gasteiger partial charge < -0.3 is 0 Å². The van der Waals surface area contributed by atoms with Crippen molar-refractivity contribution in [3.8, 4) is 0 Å². The molecule has 1 aromatic rings. The van der Waals surface area contributed by atoms with Crippen LogP contribution in [0.1, 0.15) is 31.1 Å². The van der Waals surface area contributed by atoms with Crippen LogP contribution < -0.4 is 10.9 Å². The standard InChI is InChI=1S/C11H14Cl2N2O/c1-11(2,3)15-14-10(16)7-5-4-6-8(12)9(7)13/h4-6,15H,1-3H3,(H,14,16). The van der Waals surface area contributed by atoms with E-state index in [1.165, 1.54) is 0 Å². The van der Waals surface area contributed by atoms with Crippen LogP contribution in [0.5, 0.6) is 0 Å². The average Bonchev–Trinajstić information content (AvgIpc) is 2.17. The summed E-state index contributed by atoms with van der Waals surface area (Å²) < 4.78 is 0. The van der Waals surface area contributed by atoms with Crippen LogP contribution >= 0.6 is 23.2 Å². The summed E-state index contributed by atoms with van der Waals surface area (Å²) in [6.45, 7) is 5.81. The average molecular weight is 261 g/mol. The van der Waals surface area contributed by atoms with E-state index in [2.05, 4.69) is 10.9 Å². The van der Waals surface area contributed by atoms with E-state index in [-0.39, 0.29) is 16.5 Å². The van der Waals surface area contributed by atoms with Crippen molar-refractivity contribution in [2.24, 2.45) is 0 Å². The molecule has 1 aromatic carbocycles. The zero-order valence-corrected chi connectivity index (χ0v) is 10.9. The lowest BCUT2D eigenvalue weighted by molar-refractivity contribution is 0.0914. The van der Waals surface area contributed by atoms with Crippen molar-refractivity contribution < 1.29 is 4.79 Å². The predicted octanol–water partition coefficient (Wildman–Crippen LogP) is 3.03. The van der Waals surface area contributed by atoms with Gasteiger partial charge in [-0.1, -0.05) is 29.3 Å². The molecule has 0 radical (unpaired) electrons. The number of halogens is 2. The normalized spacial score (nSPS) is 11.3. The van der Waals surface area contributed by atoms with Crippen molar-refractivity contribution in [3.05, 3.63) is 33.8 Å². The van der Waals surface area contributed by atoms with Gasteiger partial charge in [0, 0.05) is 5.54 Å². The Hall–Kier alpha value is -0.770. The fourth-order valence-electron chi connectivity index (χ4n) is 0.991. The third kappa shape index (κ3) is 3.67. The van der Waals surface area contributed by atoms with Crippen LogP contribution in [0.4, 0.5) is 0 Å². The molecule has 0 fully saturated rings. The van der Waals surface area contributed by atoms with Crippen molar-refractivity contribution in [2.75, 3.05) is 0 Å². The van der Waals surface area contributed by atoms with E-state index < -0.39 is 0 Å². The Bertz CT molecular complexity index is 399. The first kappa shape index (κ1) is 13.3. The molecule has 0 bridgehead atoms. The van der Waals surface area contributed by atoms with Crippen LogP contribution in [0.3, 0.4) is 0 Å². The van der Waals surface area contributed by atoms with Gasteiger partial charge in [-0.05, 0) is 32.9 Å². The Labute approximate surface area is 105 Å². The van der Waals surface area contributed by atoms with E-state index in [9.17, 15) is 4.79 Å². The second-order valence-electron chi connectivity index (χ2n) is 4.43. The number of nitrogens with one attached hydrogen (secondary N) is 2. The molecule has 0 aromatic heterocycles. The highest BCUT2D eigenvalue weighted by molar-refractivity contribution is 6.43. The Morgan fingerprint density at radius 1 is 1.25 bits per heavy atom. The lowest BCUT2D eigenvalue weighted by atomic mass is 10.1. The number of amides is 1. The first-order chi connectivity index (χ1) is 7.31. The van der Waals surface area contributed by atoms with E-state index in [0.717, 1.165) is 0 Å². The summed E-state index contributed by atoms with van der Waals surface area (Å²) in [5.74, 6) is -0.303. The van der Waals surface area contributed by atoms with E-state index in [1.807, 2.05) is 20.8 Å². The van der Waals surface area contributed by atoms with Gasteiger partial charge in [0.05, 0.1) is 15.6 Å². The first-order valence-electron chi connectivity index (χ1n) is 4.83. The van der Waals surface area contributed by atoms with E-state index in [1.54, 1.807) is 18.2 Å². The third-order valence-electron chi connectivity index (χ3n) is 1.75. The Balaban J connectivity index is 2.78. The number of rotatable bonds is 2. The maximum absolute atomic E-state index is 11.7. The molecule has 88 valence electrons. The highest BCUT2D eigenvalue weighted by Crippen LogP contribution is 2.25. The fraction of sp³-hybridized carbons (Fsp3) is 0.364. The molecule has 1 amide bonds. The molecule has 0 saturated carbocycles. The van der Waals surface area contributed by atoms with Gasteiger partial charge in [-0.25, -0.2) is 5.43 Å². The predicted molar refractivity (Wildman–Crippen MR) is 66.8 cm³/mol. The quantitative estimate of drug-likeness (QED) is 0.803. The SMILES string of the molecule is CC(C)(C)NNC(=O)c1cccc(Cl)c1Cl. The smallest absolute Gasteiger partial charge is 0.266 e. The van der Waals surface area contributed by atoms with Crippen LogP contribution in [-0.2, 0) is 0 Å². The topological polar surface area (TPSA) is 41.1 Å². The molecule has 3 nitrogen and oxygen atoms in total. The molecule has 1 rings (SSSR count). The van der Waals surface area contributed by atoms with Crippen molar-refractivity contribution in [1.29, 1.82) is 0 Å². The highest BCUT2D eigenvalue weighted by Gasteiger charge is 2.15. The molecule has 0 spiro atoms. The first-order valence-corrected chi connectivity index (χ1v) is 5.58. The fourth-order valence-corrected chi connectivity index (χ4v) is 1.38. The van der Waals surface area contributed by atoms with Gasteiger partial charge in [-0.15, -0.1) is 0 Å². The van der Waals surface area contributed by atoms with E-state index in [4.69, 9.17) is 23.2 Å². The lowest BCUT2D eigenvalue weighted by Gasteiger charge is -2.21. The number of hydrogen-bond acceptors (Lipinski definition) is 2. The Morgan fingerprint density at radius 2 is 1.88 bits per heavy atom. The summed E-state index contributed by atoms with van der Waals surface area (Å²) in [7, 11) is 0. The molecular weight excluding hydrogens is 247 g/mol. The molecule has 0 aliphatic heterocycles. The number of benzene rings is 1. The summed E-state index contributed by atoms with van der Waals surface area (Å²) in [6, 6.07) is 4.94. The van der Waals surface area contributed by atoms with Gasteiger partial charge in [0.2, 0.25) is 0 Å². The lowest BCUT2D eigenvalue weighted by Crippen LogP contribution is -2.48. The summed E-state index contributed by atoms with van der Waals surface area (Å²) in [4.78, 5) is 11.7. The molecule has 0 saturated heterocycles. The summed E-state index contributed by atoms with van der Waals surface area (Å²) in [5.41, 5.74) is 5.59. The Kier molecular flexibility index (Phi) is 4.19. The van der Waals surface area contributed by atoms with Crippen molar-refractivity contribution >= 4 is 29.1 Å². The summed E-state index contributed by atoms with van der Waals surface area (Å²) in [5, 5.41) is 0.627. The van der Waals surface area contributed by atoms with Crippen molar-refractivity contribution in [1.82, 2.24) is 10.9 Å². The third-order valence-corrected chi connectivity index (χ3v) is 2.57. The van der Waals surface area contributed by atoms with Crippen LogP contribution in [0.25, 0.3) is 0 Å². The minimum Gasteiger partial charge on any atom is -0.287 e. The molecule has 2 N–H and O–H groups in total.